The van der Waals surface area contributed by atoms with Crippen LogP contribution in [0, 0.1) is 0 Å². The number of nitrogens with zero attached hydrogens (tertiary/aromatic N) is 1. The van der Waals surface area contributed by atoms with Crippen LogP contribution in [-0.4, -0.2) is 56.6 Å². The highest BCUT2D eigenvalue weighted by molar-refractivity contribution is 6.74. The number of nitrogens with one attached hydrogen (secondary N) is 1. The monoisotopic (exact) mass is 416 g/mol. The number of hydrazone groups is 1. The summed E-state index contributed by atoms with van der Waals surface area (Å²) in [5.41, 5.74) is 2.38. The Balaban J connectivity index is 2.13. The van der Waals surface area contributed by atoms with Gasteiger partial charge in [-0.3, -0.25) is 0 Å². The number of hydrogen-bond acceptors (Lipinski definition) is 7. The lowest BCUT2D eigenvalue weighted by Gasteiger charge is -2.37. The van der Waals surface area contributed by atoms with Crippen molar-refractivity contribution < 1.29 is 28.2 Å². The molecule has 2 saturated heterocycles. The second-order valence-corrected chi connectivity index (χ2v) is 15.1. The maximum atomic E-state index is 12.0. The Morgan fingerprint density at radius 1 is 1.18 bits per heavy atom. The minimum absolute atomic E-state index is 0.0720. The first-order chi connectivity index (χ1) is 12.5. The molecule has 2 fully saturated rings. The molecule has 28 heavy (non-hydrogen) atoms. The van der Waals surface area contributed by atoms with Crippen molar-refractivity contribution in [3.63, 3.8) is 0 Å². The summed E-state index contributed by atoms with van der Waals surface area (Å²) in [5, 5.41) is 4.33. The molecule has 2 aliphatic heterocycles. The first kappa shape index (κ1) is 23.3. The van der Waals surface area contributed by atoms with Crippen LogP contribution in [0.15, 0.2) is 5.10 Å². The van der Waals surface area contributed by atoms with Gasteiger partial charge in [0.2, 0.25) is 0 Å². The number of fused-ring (bicyclic) bond motifs is 1. The summed E-state index contributed by atoms with van der Waals surface area (Å²) >= 11 is 0. The third-order valence-corrected chi connectivity index (χ3v) is 9.56. The van der Waals surface area contributed by atoms with Gasteiger partial charge in [0.25, 0.3) is 0 Å². The lowest BCUT2D eigenvalue weighted by molar-refractivity contribution is -0.198. The van der Waals surface area contributed by atoms with E-state index in [4.69, 9.17) is 23.4 Å². The van der Waals surface area contributed by atoms with Crippen molar-refractivity contribution in [2.45, 2.75) is 103 Å². The highest BCUT2D eigenvalue weighted by Crippen LogP contribution is 2.39. The first-order valence-corrected chi connectivity index (χ1v) is 12.6. The summed E-state index contributed by atoms with van der Waals surface area (Å²) in [6.07, 6.45) is -2.18. The zero-order valence-electron chi connectivity index (χ0n) is 18.8. The van der Waals surface area contributed by atoms with Gasteiger partial charge in [0, 0.05) is 0 Å². The number of carbonyl (C=O) groups excluding carboxylic acids is 1. The van der Waals surface area contributed by atoms with E-state index in [-0.39, 0.29) is 5.04 Å². The first-order valence-electron chi connectivity index (χ1n) is 9.72. The van der Waals surface area contributed by atoms with Crippen molar-refractivity contribution in [1.29, 1.82) is 0 Å². The van der Waals surface area contributed by atoms with E-state index in [2.05, 4.69) is 44.4 Å². The van der Waals surface area contributed by atoms with E-state index >= 15 is 0 Å². The van der Waals surface area contributed by atoms with Crippen LogP contribution < -0.4 is 5.43 Å². The van der Waals surface area contributed by atoms with Crippen molar-refractivity contribution in [2.24, 2.45) is 5.10 Å². The molecule has 0 aliphatic carbocycles. The van der Waals surface area contributed by atoms with Crippen LogP contribution >= 0.6 is 0 Å². The van der Waals surface area contributed by atoms with Gasteiger partial charge in [0.05, 0.1) is 6.61 Å². The van der Waals surface area contributed by atoms with Crippen molar-refractivity contribution >= 4 is 20.1 Å². The second kappa shape index (κ2) is 7.68. The van der Waals surface area contributed by atoms with E-state index in [9.17, 15) is 4.79 Å². The fourth-order valence-corrected chi connectivity index (χ4v) is 3.62. The topological polar surface area (TPSA) is 87.6 Å². The molecule has 0 bridgehead atoms. The lowest BCUT2D eigenvalue weighted by atomic mass is 10.1. The summed E-state index contributed by atoms with van der Waals surface area (Å²) < 4.78 is 29.3. The third-order valence-electron chi connectivity index (χ3n) is 5.05. The van der Waals surface area contributed by atoms with Gasteiger partial charge >= 0.3 is 6.09 Å². The molecule has 8 nitrogen and oxygen atoms in total. The Morgan fingerprint density at radius 3 is 2.32 bits per heavy atom. The average molecular weight is 417 g/mol. The van der Waals surface area contributed by atoms with Gasteiger partial charge in [0.15, 0.2) is 26.5 Å². The maximum Gasteiger partial charge on any atom is 0.428 e. The van der Waals surface area contributed by atoms with Crippen molar-refractivity contribution in [1.82, 2.24) is 5.43 Å². The molecule has 162 valence electrons. The lowest BCUT2D eigenvalue weighted by Crippen LogP contribution is -2.44. The molecule has 2 aliphatic rings. The minimum Gasteiger partial charge on any atom is -0.443 e. The molecule has 0 aromatic heterocycles. The Morgan fingerprint density at radius 2 is 1.79 bits per heavy atom. The summed E-state index contributed by atoms with van der Waals surface area (Å²) in [7, 11) is -1.97. The maximum absolute atomic E-state index is 12.0. The Labute approximate surface area is 169 Å². The molecule has 9 heteroatoms. The third kappa shape index (κ3) is 5.76. The fourth-order valence-electron chi connectivity index (χ4n) is 2.62. The molecular formula is C19H36N2O6Si. The van der Waals surface area contributed by atoms with Crippen molar-refractivity contribution in [2.75, 3.05) is 6.61 Å². The molecule has 2 rings (SSSR count). The van der Waals surface area contributed by atoms with E-state index in [1.54, 1.807) is 20.8 Å². The Kier molecular flexibility index (Phi) is 6.38. The van der Waals surface area contributed by atoms with Gasteiger partial charge in [-0.05, 0) is 52.8 Å². The van der Waals surface area contributed by atoms with Crippen LogP contribution in [-0.2, 0) is 23.4 Å². The van der Waals surface area contributed by atoms with E-state index in [0.29, 0.717) is 12.3 Å². The smallest absolute Gasteiger partial charge is 0.428 e. The van der Waals surface area contributed by atoms with Crippen molar-refractivity contribution in [3.05, 3.63) is 0 Å². The molecule has 0 unspecified atom stereocenters. The van der Waals surface area contributed by atoms with Crippen LogP contribution in [0.2, 0.25) is 18.1 Å². The largest absolute Gasteiger partial charge is 0.443 e. The molecule has 1 N–H and O–H groups in total. The van der Waals surface area contributed by atoms with Gasteiger partial charge in [-0.15, -0.1) is 0 Å². The predicted molar refractivity (Wildman–Crippen MR) is 109 cm³/mol. The molecule has 0 aromatic rings. The fraction of sp³-hybridized carbons (Fsp3) is 0.895. The molecular weight excluding hydrogens is 380 g/mol. The quantitative estimate of drug-likeness (QED) is 0.554. The number of ether oxygens (including phenoxy) is 4. The number of rotatable bonds is 4. The molecule has 0 saturated carbocycles. The molecule has 0 aromatic carbocycles. The van der Waals surface area contributed by atoms with E-state index in [1.165, 1.54) is 0 Å². The minimum atomic E-state index is -1.97. The number of hydrogen-bond donors (Lipinski definition) is 1. The number of amides is 1. The second-order valence-electron chi connectivity index (χ2n) is 10.3. The summed E-state index contributed by atoms with van der Waals surface area (Å²) in [5.74, 6) is -0.784. The van der Waals surface area contributed by atoms with Crippen LogP contribution in [0.4, 0.5) is 4.79 Å². The Hall–Kier alpha value is -1.00. The van der Waals surface area contributed by atoms with Crippen LogP contribution in [0.25, 0.3) is 0 Å². The summed E-state index contributed by atoms with van der Waals surface area (Å²) in [6, 6.07) is 0. The van der Waals surface area contributed by atoms with Crippen molar-refractivity contribution in [3.8, 4) is 0 Å². The van der Waals surface area contributed by atoms with Gasteiger partial charge in [-0.1, -0.05) is 20.8 Å². The van der Waals surface area contributed by atoms with E-state index < -0.39 is 44.3 Å². The SMILES string of the molecule is CC(C)(C)OC(=O)N/N=C1/[C@H]2OC(C)(C)O[C@@H]2O[C@@H]1CO[Si](C)(C)C(C)(C)C. The van der Waals surface area contributed by atoms with Crippen LogP contribution in [0.3, 0.4) is 0 Å². The zero-order chi connectivity index (χ0) is 21.5. The molecule has 3 atom stereocenters. The van der Waals surface area contributed by atoms with E-state index in [1.807, 2.05) is 13.8 Å². The van der Waals surface area contributed by atoms with E-state index in [0.717, 1.165) is 0 Å². The highest BCUT2D eigenvalue weighted by atomic mass is 28.4. The van der Waals surface area contributed by atoms with Gasteiger partial charge in [-0.2, -0.15) is 5.10 Å². The molecule has 1 amide bonds. The summed E-state index contributed by atoms with van der Waals surface area (Å²) in [4.78, 5) is 12.0. The Bertz CT molecular complexity index is 621. The number of carbonyl (C=O) groups is 1. The van der Waals surface area contributed by atoms with Crippen LogP contribution in [0.5, 0.6) is 0 Å². The average Bonchev–Trinajstić information content (AvgIpc) is 2.91. The van der Waals surface area contributed by atoms with Gasteiger partial charge < -0.3 is 23.4 Å². The predicted octanol–water partition coefficient (Wildman–Crippen LogP) is 3.77. The molecule has 0 spiro atoms. The molecule has 2 heterocycles. The van der Waals surface area contributed by atoms with Gasteiger partial charge in [-0.25, -0.2) is 10.2 Å². The standard InChI is InChI=1S/C19H36N2O6Si/c1-17(2,3)27-16(22)21-20-13-12(11-23-28(9,10)18(4,5)6)24-15-14(13)25-19(7,8)26-15/h12,14-15H,11H2,1-10H3,(H,21,22)/b20-13+/t12-,14-,15+/m1/s1. The highest BCUT2D eigenvalue weighted by Gasteiger charge is 2.53. The zero-order valence-corrected chi connectivity index (χ0v) is 19.8. The normalized spacial score (nSPS) is 29.1. The molecule has 0 radical (unpaired) electrons. The van der Waals surface area contributed by atoms with Gasteiger partial charge in [0.1, 0.15) is 17.4 Å². The van der Waals surface area contributed by atoms with Crippen LogP contribution in [0.1, 0.15) is 55.4 Å². The summed E-state index contributed by atoms with van der Waals surface area (Å²) in [6.45, 7) is 20.2.